The van der Waals surface area contributed by atoms with Crippen LogP contribution in [-0.2, 0) is 4.79 Å². The van der Waals surface area contributed by atoms with Crippen LogP contribution in [0, 0.1) is 17.8 Å². The third-order valence-corrected chi connectivity index (χ3v) is 6.99. The third-order valence-electron chi connectivity index (χ3n) is 6.99. The normalized spacial score (nSPS) is 31.6. The monoisotopic (exact) mass is 413 g/mol. The molecule has 6 heteroatoms. The quantitative estimate of drug-likeness (QED) is 0.793. The van der Waals surface area contributed by atoms with Crippen molar-refractivity contribution in [2.45, 2.75) is 57.2 Å². The van der Waals surface area contributed by atoms with Crippen LogP contribution in [0.3, 0.4) is 0 Å². The van der Waals surface area contributed by atoms with Gasteiger partial charge < -0.3 is 11.1 Å². The van der Waals surface area contributed by atoms with Crippen LogP contribution in [0.15, 0.2) is 30.3 Å². The molecule has 5 unspecified atom stereocenters. The summed E-state index contributed by atoms with van der Waals surface area (Å²) in [6, 6.07) is 11.5. The van der Waals surface area contributed by atoms with E-state index < -0.39 is 0 Å². The highest BCUT2D eigenvalue weighted by Gasteiger charge is 2.49. The fourth-order valence-corrected chi connectivity index (χ4v) is 5.40. The smallest absolute Gasteiger partial charge is 0.225 e. The lowest BCUT2D eigenvalue weighted by Crippen LogP contribution is -2.51. The summed E-state index contributed by atoms with van der Waals surface area (Å²) in [4.78, 5) is 15.3. The third kappa shape index (κ3) is 4.61. The minimum absolute atomic E-state index is 0. The number of likely N-dealkylation sites (tertiary alicyclic amines) is 1. The Kier molecular flexibility index (Phi) is 7.99. The summed E-state index contributed by atoms with van der Waals surface area (Å²) < 4.78 is 0. The lowest BCUT2D eigenvalue weighted by molar-refractivity contribution is -0.128. The maximum atomic E-state index is 12.7. The maximum absolute atomic E-state index is 12.7. The Labute approximate surface area is 175 Å². The zero-order valence-electron chi connectivity index (χ0n) is 16.0. The first-order valence-corrected chi connectivity index (χ1v) is 9.98. The van der Waals surface area contributed by atoms with Gasteiger partial charge in [0.1, 0.15) is 0 Å². The predicted molar refractivity (Wildman–Crippen MR) is 114 cm³/mol. The minimum atomic E-state index is 0. The molecule has 1 aliphatic heterocycles. The van der Waals surface area contributed by atoms with Crippen molar-refractivity contribution < 1.29 is 4.79 Å². The molecule has 2 bridgehead atoms. The van der Waals surface area contributed by atoms with Crippen molar-refractivity contribution in [3.8, 4) is 0 Å². The molecule has 2 saturated carbocycles. The molecule has 152 valence electrons. The molecule has 4 rings (SSSR count). The standard InChI is InChI=1S/C21H31N3O.2ClH/c1-14(15-5-3-2-4-6-15)24-11-9-18(10-12-24)23-21(25)19-16-7-8-17(13-16)20(19)22;;/h2-6,14,16-20H,7-13,22H2,1H3,(H,23,25);2*1H. The second kappa shape index (κ2) is 9.60. The molecular weight excluding hydrogens is 381 g/mol. The molecular formula is C21H33Cl2N3O. The van der Waals surface area contributed by atoms with E-state index >= 15 is 0 Å². The van der Waals surface area contributed by atoms with E-state index in [4.69, 9.17) is 5.73 Å². The van der Waals surface area contributed by atoms with Crippen LogP contribution in [0.4, 0.5) is 0 Å². The highest BCUT2D eigenvalue weighted by Crippen LogP contribution is 2.47. The number of carbonyl (C=O) groups excluding carboxylic acids is 1. The van der Waals surface area contributed by atoms with Gasteiger partial charge in [-0.2, -0.15) is 0 Å². The van der Waals surface area contributed by atoms with E-state index in [9.17, 15) is 4.79 Å². The van der Waals surface area contributed by atoms with Gasteiger partial charge in [-0.15, -0.1) is 24.8 Å². The van der Waals surface area contributed by atoms with Crippen molar-refractivity contribution in [2.24, 2.45) is 23.5 Å². The highest BCUT2D eigenvalue weighted by atomic mass is 35.5. The largest absolute Gasteiger partial charge is 0.353 e. The van der Waals surface area contributed by atoms with Gasteiger partial charge in [-0.1, -0.05) is 30.3 Å². The van der Waals surface area contributed by atoms with Crippen LogP contribution in [0.1, 0.15) is 50.6 Å². The van der Waals surface area contributed by atoms with Crippen molar-refractivity contribution >= 4 is 30.7 Å². The van der Waals surface area contributed by atoms with Crippen LogP contribution in [0.5, 0.6) is 0 Å². The van der Waals surface area contributed by atoms with Gasteiger partial charge in [-0.05, 0) is 56.4 Å². The molecule has 27 heavy (non-hydrogen) atoms. The number of nitrogens with zero attached hydrogens (tertiary/aromatic N) is 1. The summed E-state index contributed by atoms with van der Waals surface area (Å²) in [6.07, 6.45) is 5.68. The molecule has 3 aliphatic rings. The number of halogens is 2. The Bertz CT molecular complexity index is 605. The van der Waals surface area contributed by atoms with Gasteiger partial charge in [-0.3, -0.25) is 9.69 Å². The summed E-state index contributed by atoms with van der Waals surface area (Å²) in [6.45, 7) is 4.37. The van der Waals surface area contributed by atoms with Crippen LogP contribution in [0.25, 0.3) is 0 Å². The number of nitrogens with one attached hydrogen (secondary N) is 1. The maximum Gasteiger partial charge on any atom is 0.225 e. The Morgan fingerprint density at radius 3 is 2.30 bits per heavy atom. The van der Waals surface area contributed by atoms with Crippen LogP contribution in [0.2, 0.25) is 0 Å². The summed E-state index contributed by atoms with van der Waals surface area (Å²) in [5.74, 6) is 1.43. The first-order valence-electron chi connectivity index (χ1n) is 9.98. The van der Waals surface area contributed by atoms with Gasteiger partial charge in [0.15, 0.2) is 0 Å². The second-order valence-electron chi connectivity index (χ2n) is 8.34. The molecule has 3 fully saturated rings. The number of carbonyl (C=O) groups is 1. The molecule has 0 aromatic heterocycles. The molecule has 1 saturated heterocycles. The van der Waals surface area contributed by atoms with Crippen molar-refractivity contribution in [3.63, 3.8) is 0 Å². The number of rotatable bonds is 4. The van der Waals surface area contributed by atoms with Gasteiger partial charge in [0, 0.05) is 31.2 Å². The number of fused-ring (bicyclic) bond motifs is 2. The predicted octanol–water partition coefficient (Wildman–Crippen LogP) is 3.55. The molecule has 3 N–H and O–H groups in total. The molecule has 2 aliphatic carbocycles. The number of nitrogens with two attached hydrogens (primary N) is 1. The van der Waals surface area contributed by atoms with E-state index in [1.807, 2.05) is 0 Å². The average molecular weight is 414 g/mol. The van der Waals surface area contributed by atoms with Gasteiger partial charge >= 0.3 is 0 Å². The molecule has 1 heterocycles. The van der Waals surface area contributed by atoms with Gasteiger partial charge in [0.2, 0.25) is 5.91 Å². The van der Waals surface area contributed by atoms with E-state index in [-0.39, 0.29) is 42.7 Å². The van der Waals surface area contributed by atoms with Crippen molar-refractivity contribution in [1.29, 1.82) is 0 Å². The number of amides is 1. The molecule has 0 spiro atoms. The van der Waals surface area contributed by atoms with Crippen molar-refractivity contribution in [1.82, 2.24) is 10.2 Å². The SMILES string of the molecule is CC(c1ccccc1)N1CCC(NC(=O)C2C3CCC(C3)C2N)CC1.Cl.Cl. The van der Waals surface area contributed by atoms with Crippen LogP contribution < -0.4 is 11.1 Å². The molecule has 1 aromatic rings. The number of piperidine rings is 1. The van der Waals surface area contributed by atoms with Crippen molar-refractivity contribution in [2.75, 3.05) is 13.1 Å². The van der Waals surface area contributed by atoms with E-state index in [0.29, 0.717) is 23.9 Å². The Morgan fingerprint density at radius 1 is 1.07 bits per heavy atom. The van der Waals surface area contributed by atoms with Gasteiger partial charge in [0.05, 0.1) is 5.92 Å². The molecule has 0 radical (unpaired) electrons. The Morgan fingerprint density at radius 2 is 1.70 bits per heavy atom. The molecule has 5 atom stereocenters. The summed E-state index contributed by atoms with van der Waals surface area (Å²) in [5, 5.41) is 3.33. The number of benzene rings is 1. The van der Waals surface area contributed by atoms with E-state index in [1.165, 1.54) is 24.8 Å². The fourth-order valence-electron chi connectivity index (χ4n) is 5.40. The van der Waals surface area contributed by atoms with Gasteiger partial charge in [0.25, 0.3) is 0 Å². The van der Waals surface area contributed by atoms with E-state index in [1.54, 1.807) is 0 Å². The van der Waals surface area contributed by atoms with Crippen LogP contribution >= 0.6 is 24.8 Å². The Hall–Kier alpha value is -0.810. The molecule has 1 amide bonds. The first-order chi connectivity index (χ1) is 12.1. The fraction of sp³-hybridized carbons (Fsp3) is 0.667. The second-order valence-corrected chi connectivity index (χ2v) is 8.34. The average Bonchev–Trinajstić information content (AvgIpc) is 3.23. The van der Waals surface area contributed by atoms with E-state index in [0.717, 1.165) is 25.9 Å². The first kappa shape index (κ1) is 22.5. The summed E-state index contributed by atoms with van der Waals surface area (Å²) in [7, 11) is 0. The number of hydrogen-bond donors (Lipinski definition) is 2. The number of hydrogen-bond acceptors (Lipinski definition) is 3. The van der Waals surface area contributed by atoms with E-state index in [2.05, 4.69) is 47.5 Å². The van der Waals surface area contributed by atoms with Crippen LogP contribution in [-0.4, -0.2) is 36.0 Å². The topological polar surface area (TPSA) is 58.4 Å². The highest BCUT2D eigenvalue weighted by molar-refractivity contribution is 5.85. The minimum Gasteiger partial charge on any atom is -0.353 e. The lowest BCUT2D eigenvalue weighted by Gasteiger charge is -2.37. The summed E-state index contributed by atoms with van der Waals surface area (Å²) in [5.41, 5.74) is 7.70. The zero-order valence-corrected chi connectivity index (χ0v) is 17.7. The lowest BCUT2D eigenvalue weighted by atomic mass is 9.84. The van der Waals surface area contributed by atoms with Crippen molar-refractivity contribution in [3.05, 3.63) is 35.9 Å². The zero-order chi connectivity index (χ0) is 17.4. The van der Waals surface area contributed by atoms with Gasteiger partial charge in [-0.25, -0.2) is 0 Å². The molecule has 4 nitrogen and oxygen atoms in total. The summed E-state index contributed by atoms with van der Waals surface area (Å²) >= 11 is 0. The Balaban J connectivity index is 0.00000131. The molecule has 1 aromatic carbocycles.